The van der Waals surface area contributed by atoms with Gasteiger partial charge in [-0.05, 0) is 95.8 Å². The van der Waals surface area contributed by atoms with Gasteiger partial charge in [-0.25, -0.2) is 0 Å². The molecule has 1 aromatic rings. The highest BCUT2D eigenvalue weighted by Gasteiger charge is 2.32. The van der Waals surface area contributed by atoms with Crippen LogP contribution in [-0.2, 0) is 6.42 Å². The van der Waals surface area contributed by atoms with Crippen LogP contribution in [0.15, 0.2) is 40.5 Å². The van der Waals surface area contributed by atoms with E-state index in [1.807, 2.05) is 6.07 Å². The van der Waals surface area contributed by atoms with Crippen molar-refractivity contribution in [3.63, 3.8) is 0 Å². The molecule has 0 amide bonds. The number of hydrogen-bond donors (Lipinski definition) is 2. The number of nitrogens with one attached hydrogen (secondary N) is 1. The summed E-state index contributed by atoms with van der Waals surface area (Å²) < 4.78 is 0.922. The highest BCUT2D eigenvalue weighted by Crippen LogP contribution is 2.43. The largest absolute Gasteiger partial charge is 0.404 e. The van der Waals surface area contributed by atoms with Crippen molar-refractivity contribution < 1.29 is 0 Å². The molecule has 25 heavy (non-hydrogen) atoms. The molecule has 0 spiro atoms. The summed E-state index contributed by atoms with van der Waals surface area (Å²) in [4.78, 5) is 0. The van der Waals surface area contributed by atoms with E-state index >= 15 is 0 Å². The lowest BCUT2D eigenvalue weighted by Crippen LogP contribution is -2.39. The van der Waals surface area contributed by atoms with E-state index in [-0.39, 0.29) is 6.04 Å². The molecule has 1 aromatic carbocycles. The Morgan fingerprint density at radius 2 is 2.24 bits per heavy atom. The first-order valence-electron chi connectivity index (χ1n) is 8.79. The molecule has 0 saturated carbocycles. The zero-order valence-corrected chi connectivity index (χ0v) is 16.5. The fourth-order valence-electron chi connectivity index (χ4n) is 4.15. The molecular formula is C20H23BrClN3. The smallest absolute Gasteiger partial charge is 0.0955 e. The lowest BCUT2D eigenvalue weighted by Gasteiger charge is -2.33. The van der Waals surface area contributed by atoms with Crippen LogP contribution < -0.4 is 11.1 Å². The molecule has 0 bridgehead atoms. The van der Waals surface area contributed by atoms with Crippen molar-refractivity contribution >= 4 is 27.5 Å². The highest BCUT2D eigenvalue weighted by atomic mass is 79.9. The summed E-state index contributed by atoms with van der Waals surface area (Å²) >= 11 is 9.76. The second kappa shape index (κ2) is 8.40. The fraction of sp³-hybridized carbons (Fsp3) is 0.450. The number of allylic oxidation sites excluding steroid dienone is 3. The molecule has 5 heteroatoms. The zero-order valence-electron chi connectivity index (χ0n) is 14.1. The number of nitrogens with two attached hydrogens (primary N) is 1. The van der Waals surface area contributed by atoms with Crippen LogP contribution >= 0.6 is 27.5 Å². The molecule has 1 fully saturated rings. The Balaban J connectivity index is 1.96. The van der Waals surface area contributed by atoms with Crippen LogP contribution in [0.3, 0.4) is 0 Å². The average molecular weight is 421 g/mol. The topological polar surface area (TPSA) is 61.8 Å². The first kappa shape index (κ1) is 18.5. The van der Waals surface area contributed by atoms with Gasteiger partial charge in [0.15, 0.2) is 0 Å². The molecule has 1 saturated heterocycles. The maximum absolute atomic E-state index is 9.33. The van der Waals surface area contributed by atoms with E-state index in [0.29, 0.717) is 11.8 Å². The Bertz CT molecular complexity index is 735. The minimum Gasteiger partial charge on any atom is -0.404 e. The molecular weight excluding hydrogens is 398 g/mol. The van der Waals surface area contributed by atoms with Crippen molar-refractivity contribution in [3.8, 4) is 6.07 Å². The number of fused-ring (bicyclic) bond motifs is 1. The maximum Gasteiger partial charge on any atom is 0.0955 e. The third-order valence-electron chi connectivity index (χ3n) is 5.37. The maximum atomic E-state index is 9.33. The first-order chi connectivity index (χ1) is 12.1. The third kappa shape index (κ3) is 4.47. The van der Waals surface area contributed by atoms with Crippen LogP contribution in [-0.4, -0.2) is 12.6 Å². The van der Waals surface area contributed by atoms with Crippen molar-refractivity contribution in [1.29, 1.82) is 5.26 Å². The number of hydrogen-bond acceptors (Lipinski definition) is 3. The van der Waals surface area contributed by atoms with Crippen LogP contribution in [0.4, 0.5) is 0 Å². The van der Waals surface area contributed by atoms with Crippen LogP contribution in [0.25, 0.3) is 0 Å². The fourth-order valence-corrected chi connectivity index (χ4v) is 4.67. The molecule has 3 rings (SSSR count). The minimum absolute atomic E-state index is 0.0409. The summed E-state index contributed by atoms with van der Waals surface area (Å²) in [5.74, 6) is 0.935. The van der Waals surface area contributed by atoms with E-state index in [4.69, 9.17) is 17.3 Å². The quantitative estimate of drug-likeness (QED) is 0.677. The number of aryl methyl sites for hydroxylation is 1. The Kier molecular flexibility index (Phi) is 6.22. The first-order valence-corrected chi connectivity index (χ1v) is 9.96. The standard InChI is InChI=1S/C20H23BrClN3/c21-16(11-23)7-13-1-2-14-9-17(22)3-4-19(14)20(8-13)15-5-6-25-18(10-15)12-24/h3-4,7,9,11,15,18,20,25H,1-2,5-6,8,10,23H2/b13-7-,16-11+. The van der Waals surface area contributed by atoms with Crippen molar-refractivity contribution in [2.75, 3.05) is 6.54 Å². The van der Waals surface area contributed by atoms with Gasteiger partial charge in [-0.2, -0.15) is 5.26 Å². The van der Waals surface area contributed by atoms with E-state index in [9.17, 15) is 5.26 Å². The Hall–Kier alpha value is -1.28. The molecule has 132 valence electrons. The molecule has 0 radical (unpaired) electrons. The SMILES string of the molecule is N#CC1CC(C2C/C(=C\C(Br)=C/N)CCc3cc(Cl)ccc32)CCN1. The number of piperidine rings is 1. The van der Waals surface area contributed by atoms with Gasteiger partial charge in [-0.3, -0.25) is 0 Å². The summed E-state index contributed by atoms with van der Waals surface area (Å²) in [5, 5.41) is 13.4. The van der Waals surface area contributed by atoms with Gasteiger partial charge < -0.3 is 11.1 Å². The van der Waals surface area contributed by atoms with Gasteiger partial charge in [0, 0.05) is 15.7 Å². The Labute approximate surface area is 163 Å². The summed E-state index contributed by atoms with van der Waals surface area (Å²) in [6.07, 6.45) is 8.78. The average Bonchev–Trinajstić information content (AvgIpc) is 2.81. The molecule has 1 heterocycles. The molecule has 3 atom stereocenters. The third-order valence-corrected chi connectivity index (χ3v) is 6.10. The summed E-state index contributed by atoms with van der Waals surface area (Å²) in [6.45, 7) is 0.910. The van der Waals surface area contributed by atoms with Crippen molar-refractivity contribution in [2.24, 2.45) is 11.7 Å². The van der Waals surface area contributed by atoms with E-state index in [0.717, 1.165) is 48.2 Å². The van der Waals surface area contributed by atoms with Crippen LogP contribution in [0, 0.1) is 17.2 Å². The van der Waals surface area contributed by atoms with Gasteiger partial charge in [-0.15, -0.1) is 0 Å². The Morgan fingerprint density at radius 3 is 3.00 bits per heavy atom. The van der Waals surface area contributed by atoms with Crippen LogP contribution in [0.1, 0.15) is 42.7 Å². The van der Waals surface area contributed by atoms with E-state index in [2.05, 4.69) is 45.5 Å². The van der Waals surface area contributed by atoms with Gasteiger partial charge in [0.2, 0.25) is 0 Å². The van der Waals surface area contributed by atoms with Gasteiger partial charge in [0.05, 0.1) is 12.1 Å². The van der Waals surface area contributed by atoms with Crippen molar-refractivity contribution in [1.82, 2.24) is 5.32 Å². The second-order valence-corrected chi connectivity index (χ2v) is 8.28. The highest BCUT2D eigenvalue weighted by molar-refractivity contribution is 9.11. The molecule has 1 aliphatic carbocycles. The number of nitrogens with zero attached hydrogens (tertiary/aromatic N) is 1. The predicted octanol–water partition coefficient (Wildman–Crippen LogP) is 4.77. The monoisotopic (exact) mass is 419 g/mol. The molecule has 3 nitrogen and oxygen atoms in total. The van der Waals surface area contributed by atoms with Gasteiger partial charge in [0.1, 0.15) is 0 Å². The van der Waals surface area contributed by atoms with E-state index in [1.54, 1.807) is 6.20 Å². The molecule has 2 aliphatic rings. The normalized spacial score (nSPS) is 28.9. The summed E-state index contributed by atoms with van der Waals surface area (Å²) in [5.41, 5.74) is 9.79. The van der Waals surface area contributed by atoms with E-state index < -0.39 is 0 Å². The second-order valence-electron chi connectivity index (χ2n) is 6.93. The van der Waals surface area contributed by atoms with E-state index in [1.165, 1.54) is 16.7 Å². The lowest BCUT2D eigenvalue weighted by molar-refractivity contribution is 0.289. The summed E-state index contributed by atoms with van der Waals surface area (Å²) in [6, 6.07) is 8.67. The zero-order chi connectivity index (χ0) is 17.8. The number of halogens is 2. The Morgan fingerprint density at radius 1 is 1.40 bits per heavy atom. The molecule has 1 aliphatic heterocycles. The molecule has 3 N–H and O–H groups in total. The van der Waals surface area contributed by atoms with Gasteiger partial charge >= 0.3 is 0 Å². The lowest BCUT2D eigenvalue weighted by atomic mass is 9.75. The van der Waals surface area contributed by atoms with Gasteiger partial charge in [-0.1, -0.05) is 23.2 Å². The van der Waals surface area contributed by atoms with Crippen molar-refractivity contribution in [2.45, 2.75) is 44.1 Å². The molecule has 0 aromatic heterocycles. The van der Waals surface area contributed by atoms with Crippen LogP contribution in [0.2, 0.25) is 5.02 Å². The minimum atomic E-state index is -0.0409. The number of nitriles is 1. The number of rotatable bonds is 2. The summed E-state index contributed by atoms with van der Waals surface area (Å²) in [7, 11) is 0. The van der Waals surface area contributed by atoms with Gasteiger partial charge in [0.25, 0.3) is 0 Å². The molecule has 3 unspecified atom stereocenters. The number of benzene rings is 1. The van der Waals surface area contributed by atoms with Crippen molar-refractivity contribution in [3.05, 3.63) is 56.7 Å². The predicted molar refractivity (Wildman–Crippen MR) is 107 cm³/mol. The van der Waals surface area contributed by atoms with Crippen LogP contribution in [0.5, 0.6) is 0 Å².